The Kier molecular flexibility index (Phi) is 7.06. The summed E-state index contributed by atoms with van der Waals surface area (Å²) in [5, 5.41) is 0.933. The summed E-state index contributed by atoms with van der Waals surface area (Å²) in [5.41, 5.74) is 6.18. The first kappa shape index (κ1) is 24.0. The summed E-state index contributed by atoms with van der Waals surface area (Å²) < 4.78 is 2.12. The van der Waals surface area contributed by atoms with Gasteiger partial charge in [0.05, 0.1) is 11.3 Å². The summed E-state index contributed by atoms with van der Waals surface area (Å²) >= 11 is 1.78. The maximum absolute atomic E-state index is 14.5. The number of benzene rings is 2. The van der Waals surface area contributed by atoms with E-state index in [1.165, 1.54) is 68.1 Å². The summed E-state index contributed by atoms with van der Waals surface area (Å²) in [6.07, 6.45) is 14.4. The maximum atomic E-state index is 14.5. The van der Waals surface area contributed by atoms with E-state index in [4.69, 9.17) is 4.98 Å². The maximum Gasteiger partial charge on any atom is 0.258 e. The standard InChI is InChI=1S/C32H38N2OS/c35-30-28-29(27-17-9-8-16-26(27)22-32(28)19-10-3-11-20-32)33-31(34(30)23-25-14-6-2-7-15-25)36-21-18-24-12-4-1-5-13-24/h1,4-5,8-9,12-13,16-17,25H,2-3,6-7,10-11,14-15,18-23H2. The van der Waals surface area contributed by atoms with Gasteiger partial charge >= 0.3 is 0 Å². The van der Waals surface area contributed by atoms with E-state index >= 15 is 0 Å². The van der Waals surface area contributed by atoms with Gasteiger partial charge < -0.3 is 0 Å². The predicted molar refractivity (Wildman–Crippen MR) is 150 cm³/mol. The molecule has 2 aromatic carbocycles. The van der Waals surface area contributed by atoms with Crippen LogP contribution in [0.3, 0.4) is 0 Å². The molecule has 0 amide bonds. The van der Waals surface area contributed by atoms with Crippen molar-refractivity contribution in [1.29, 1.82) is 0 Å². The molecule has 0 aliphatic heterocycles. The van der Waals surface area contributed by atoms with Gasteiger partial charge in [-0.1, -0.05) is 105 Å². The largest absolute Gasteiger partial charge is 0.287 e. The molecule has 1 aromatic heterocycles. The molecule has 0 radical (unpaired) electrons. The number of aromatic nitrogens is 2. The minimum atomic E-state index is -0.0342. The summed E-state index contributed by atoms with van der Waals surface area (Å²) in [6, 6.07) is 19.4. The molecule has 6 rings (SSSR count). The Labute approximate surface area is 219 Å². The molecule has 2 saturated carbocycles. The van der Waals surface area contributed by atoms with Crippen LogP contribution in [0.1, 0.15) is 80.9 Å². The SMILES string of the molecule is O=c1c2c(nc(SCCc3ccccc3)n1CC1CCCCC1)-c1ccccc1CC21CCCCC1. The number of thioether (sulfide) groups is 1. The molecule has 2 fully saturated rings. The van der Waals surface area contributed by atoms with Gasteiger partial charge in [-0.25, -0.2) is 4.98 Å². The molecule has 3 aliphatic carbocycles. The molecular formula is C32H38N2OS. The highest BCUT2D eigenvalue weighted by Crippen LogP contribution is 2.49. The molecule has 3 aromatic rings. The van der Waals surface area contributed by atoms with Crippen LogP contribution in [0.5, 0.6) is 0 Å². The molecule has 0 saturated heterocycles. The number of fused-ring (bicyclic) bond motifs is 4. The zero-order chi connectivity index (χ0) is 24.4. The van der Waals surface area contributed by atoms with Crippen LogP contribution in [0, 0.1) is 5.92 Å². The van der Waals surface area contributed by atoms with E-state index in [-0.39, 0.29) is 11.0 Å². The normalized spacial score (nSPS) is 19.1. The molecule has 0 atom stereocenters. The highest BCUT2D eigenvalue weighted by molar-refractivity contribution is 7.99. The van der Waals surface area contributed by atoms with Gasteiger partial charge in [-0.2, -0.15) is 0 Å². The van der Waals surface area contributed by atoms with E-state index in [0.29, 0.717) is 5.92 Å². The first-order valence-electron chi connectivity index (χ1n) is 14.1. The molecule has 188 valence electrons. The Hall–Kier alpha value is -2.33. The van der Waals surface area contributed by atoms with Gasteiger partial charge in [-0.15, -0.1) is 0 Å². The highest BCUT2D eigenvalue weighted by Gasteiger charge is 2.43. The fourth-order valence-corrected chi connectivity index (χ4v) is 8.02. The third kappa shape index (κ3) is 4.69. The number of aryl methyl sites for hydroxylation is 1. The summed E-state index contributed by atoms with van der Waals surface area (Å²) in [4.78, 5) is 19.9. The van der Waals surface area contributed by atoms with Crippen LogP contribution < -0.4 is 5.56 Å². The van der Waals surface area contributed by atoms with E-state index in [2.05, 4.69) is 59.2 Å². The van der Waals surface area contributed by atoms with Crippen LogP contribution in [0.2, 0.25) is 0 Å². The fourth-order valence-electron chi connectivity index (χ4n) is 7.03. The van der Waals surface area contributed by atoms with Crippen molar-refractivity contribution in [3.63, 3.8) is 0 Å². The smallest absolute Gasteiger partial charge is 0.258 e. The zero-order valence-corrected chi connectivity index (χ0v) is 22.2. The van der Waals surface area contributed by atoms with E-state index in [1.54, 1.807) is 11.8 Å². The van der Waals surface area contributed by atoms with Crippen molar-refractivity contribution in [1.82, 2.24) is 9.55 Å². The predicted octanol–water partition coefficient (Wildman–Crippen LogP) is 7.58. The lowest BCUT2D eigenvalue weighted by Crippen LogP contribution is -2.43. The van der Waals surface area contributed by atoms with Crippen LogP contribution in [0.15, 0.2) is 64.5 Å². The average Bonchev–Trinajstić information content (AvgIpc) is 2.92. The second-order valence-electron chi connectivity index (χ2n) is 11.3. The van der Waals surface area contributed by atoms with E-state index in [1.807, 2.05) is 0 Å². The molecular weight excluding hydrogens is 460 g/mol. The lowest BCUT2D eigenvalue weighted by Gasteiger charge is -2.42. The Balaban J connectivity index is 1.43. The number of rotatable bonds is 6. The Morgan fingerprint density at radius 2 is 1.61 bits per heavy atom. The van der Waals surface area contributed by atoms with Crippen LogP contribution in [0.25, 0.3) is 11.3 Å². The van der Waals surface area contributed by atoms with Gasteiger partial charge in [-0.3, -0.25) is 9.36 Å². The lowest BCUT2D eigenvalue weighted by atomic mass is 9.62. The Morgan fingerprint density at radius 1 is 0.889 bits per heavy atom. The summed E-state index contributed by atoms with van der Waals surface area (Å²) in [7, 11) is 0. The second-order valence-corrected chi connectivity index (χ2v) is 12.4. The fraction of sp³-hybridized carbons (Fsp3) is 0.500. The molecule has 3 aliphatic rings. The quantitative estimate of drug-likeness (QED) is 0.259. The van der Waals surface area contributed by atoms with Crippen molar-refractivity contribution in [2.24, 2.45) is 5.92 Å². The molecule has 0 N–H and O–H groups in total. The third-order valence-corrected chi connectivity index (χ3v) is 9.88. The van der Waals surface area contributed by atoms with Crippen molar-refractivity contribution >= 4 is 11.8 Å². The molecule has 3 nitrogen and oxygen atoms in total. The van der Waals surface area contributed by atoms with Gasteiger partial charge in [0.25, 0.3) is 5.56 Å². The van der Waals surface area contributed by atoms with Gasteiger partial charge in [0.2, 0.25) is 0 Å². The van der Waals surface area contributed by atoms with Crippen molar-refractivity contribution < 1.29 is 0 Å². The molecule has 0 unspecified atom stereocenters. The van der Waals surface area contributed by atoms with Gasteiger partial charge in [0.15, 0.2) is 5.16 Å². The minimum Gasteiger partial charge on any atom is -0.287 e. The number of nitrogens with zero attached hydrogens (tertiary/aromatic N) is 2. The minimum absolute atomic E-state index is 0.0342. The highest BCUT2D eigenvalue weighted by atomic mass is 32.2. The summed E-state index contributed by atoms with van der Waals surface area (Å²) in [5.74, 6) is 1.54. The molecule has 1 spiro atoms. The lowest BCUT2D eigenvalue weighted by molar-refractivity contribution is 0.274. The van der Waals surface area contributed by atoms with Gasteiger partial charge in [-0.05, 0) is 55.6 Å². The van der Waals surface area contributed by atoms with E-state index in [0.717, 1.165) is 54.4 Å². The zero-order valence-electron chi connectivity index (χ0n) is 21.4. The van der Waals surface area contributed by atoms with Crippen molar-refractivity contribution in [2.75, 3.05) is 5.75 Å². The van der Waals surface area contributed by atoms with Crippen LogP contribution in [0.4, 0.5) is 0 Å². The second kappa shape index (κ2) is 10.6. The first-order chi connectivity index (χ1) is 17.7. The number of hydrogen-bond donors (Lipinski definition) is 0. The Morgan fingerprint density at radius 3 is 2.42 bits per heavy atom. The molecule has 0 bridgehead atoms. The summed E-state index contributed by atoms with van der Waals surface area (Å²) in [6.45, 7) is 0.838. The van der Waals surface area contributed by atoms with E-state index in [9.17, 15) is 4.79 Å². The average molecular weight is 499 g/mol. The van der Waals surface area contributed by atoms with Gasteiger partial charge in [0.1, 0.15) is 0 Å². The molecule has 1 heterocycles. The topological polar surface area (TPSA) is 34.9 Å². The number of hydrogen-bond acceptors (Lipinski definition) is 3. The van der Waals surface area contributed by atoms with Crippen molar-refractivity contribution in [2.45, 2.75) is 94.2 Å². The van der Waals surface area contributed by atoms with Crippen LogP contribution in [-0.2, 0) is 24.8 Å². The van der Waals surface area contributed by atoms with E-state index < -0.39 is 0 Å². The Bertz CT molecular complexity index is 1250. The third-order valence-electron chi connectivity index (χ3n) is 8.91. The molecule has 36 heavy (non-hydrogen) atoms. The molecule has 4 heteroatoms. The monoisotopic (exact) mass is 498 g/mol. The van der Waals surface area contributed by atoms with Crippen LogP contribution in [-0.4, -0.2) is 15.3 Å². The first-order valence-corrected chi connectivity index (χ1v) is 15.1. The van der Waals surface area contributed by atoms with Crippen molar-refractivity contribution in [3.8, 4) is 11.3 Å². The van der Waals surface area contributed by atoms with Gasteiger partial charge in [0, 0.05) is 23.3 Å². The van der Waals surface area contributed by atoms with Crippen molar-refractivity contribution in [3.05, 3.63) is 81.6 Å². The van der Waals surface area contributed by atoms with Crippen LogP contribution >= 0.6 is 11.8 Å².